The van der Waals surface area contributed by atoms with Crippen LogP contribution >= 0.6 is 23.5 Å². The zero-order valence-corrected chi connectivity index (χ0v) is 15.7. The second kappa shape index (κ2) is 7.39. The number of nitrogens with zero attached hydrogens (tertiary/aromatic N) is 2. The van der Waals surface area contributed by atoms with Crippen LogP contribution < -0.4 is 5.32 Å². The zero-order valence-electron chi connectivity index (χ0n) is 14.0. The first-order valence-electron chi connectivity index (χ1n) is 8.03. The Labute approximate surface area is 159 Å². The van der Waals surface area contributed by atoms with Gasteiger partial charge in [0.2, 0.25) is 5.91 Å². The number of nitrogens with one attached hydrogen (secondary N) is 2. The molecule has 2 heterocycles. The van der Waals surface area contributed by atoms with E-state index >= 15 is 0 Å². The van der Waals surface area contributed by atoms with E-state index in [2.05, 4.69) is 20.3 Å². The van der Waals surface area contributed by atoms with E-state index < -0.39 is 0 Å². The Morgan fingerprint density at radius 2 is 2.04 bits per heavy atom. The van der Waals surface area contributed by atoms with E-state index in [1.54, 1.807) is 18.1 Å². The summed E-state index contributed by atoms with van der Waals surface area (Å²) in [7, 11) is 0. The molecule has 0 fully saturated rings. The number of anilines is 1. The van der Waals surface area contributed by atoms with E-state index in [1.807, 2.05) is 54.8 Å². The van der Waals surface area contributed by atoms with Crippen LogP contribution in [0.15, 0.2) is 64.8 Å². The lowest BCUT2D eigenvalue weighted by Crippen LogP contribution is -2.14. The summed E-state index contributed by atoms with van der Waals surface area (Å²) in [5.41, 5.74) is 3.58. The van der Waals surface area contributed by atoms with Gasteiger partial charge in [-0.1, -0.05) is 36.0 Å². The van der Waals surface area contributed by atoms with E-state index in [9.17, 15) is 4.79 Å². The highest BCUT2D eigenvalue weighted by atomic mass is 32.2. The molecule has 7 heteroatoms. The fourth-order valence-corrected chi connectivity index (χ4v) is 3.97. The van der Waals surface area contributed by atoms with Gasteiger partial charge in [0.05, 0.1) is 11.3 Å². The highest BCUT2D eigenvalue weighted by molar-refractivity contribution is 8.00. The Morgan fingerprint density at radius 3 is 2.92 bits per heavy atom. The first-order chi connectivity index (χ1) is 12.7. The van der Waals surface area contributed by atoms with Crippen LogP contribution in [-0.4, -0.2) is 32.9 Å². The van der Waals surface area contributed by atoms with E-state index in [1.165, 1.54) is 11.8 Å². The molecule has 0 unspecified atom stereocenters. The molecule has 0 bridgehead atoms. The highest BCUT2D eigenvalue weighted by Crippen LogP contribution is 2.29. The van der Waals surface area contributed by atoms with Gasteiger partial charge >= 0.3 is 0 Å². The van der Waals surface area contributed by atoms with E-state index in [-0.39, 0.29) is 11.7 Å². The molecule has 2 aromatic heterocycles. The lowest BCUT2D eigenvalue weighted by molar-refractivity contribution is -0.113. The Kier molecular flexibility index (Phi) is 4.81. The second-order valence-corrected chi connectivity index (χ2v) is 7.49. The molecule has 0 aliphatic heterocycles. The van der Waals surface area contributed by atoms with Crippen LogP contribution in [-0.2, 0) is 4.79 Å². The van der Waals surface area contributed by atoms with Crippen molar-refractivity contribution in [3.05, 3.63) is 54.9 Å². The molecule has 130 valence electrons. The normalized spacial score (nSPS) is 11.1. The van der Waals surface area contributed by atoms with Crippen molar-refractivity contribution in [1.29, 1.82) is 0 Å². The number of thioether (sulfide) groups is 2. The largest absolute Gasteiger partial charge is 0.351 e. The maximum absolute atomic E-state index is 12.3. The average Bonchev–Trinajstić information content (AvgIpc) is 3.06. The zero-order chi connectivity index (χ0) is 17.9. The van der Waals surface area contributed by atoms with E-state index in [0.29, 0.717) is 0 Å². The van der Waals surface area contributed by atoms with Gasteiger partial charge in [-0.25, -0.2) is 9.97 Å². The van der Waals surface area contributed by atoms with Crippen LogP contribution in [0.2, 0.25) is 0 Å². The molecular weight excluding hydrogens is 364 g/mol. The van der Waals surface area contributed by atoms with E-state index in [0.717, 1.165) is 37.5 Å². The van der Waals surface area contributed by atoms with Crippen LogP contribution in [0.1, 0.15) is 0 Å². The topological polar surface area (TPSA) is 70.7 Å². The molecule has 2 N–H and O–H groups in total. The Hall–Kier alpha value is -2.51. The van der Waals surface area contributed by atoms with Gasteiger partial charge < -0.3 is 10.3 Å². The third-order valence-electron chi connectivity index (χ3n) is 3.95. The molecule has 5 nitrogen and oxygen atoms in total. The number of amides is 1. The molecule has 0 saturated carbocycles. The molecule has 0 radical (unpaired) electrons. The summed E-state index contributed by atoms with van der Waals surface area (Å²) in [5.74, 6) is 0.224. The summed E-state index contributed by atoms with van der Waals surface area (Å²) in [4.78, 5) is 25.5. The van der Waals surface area contributed by atoms with Crippen molar-refractivity contribution in [2.75, 3.05) is 17.3 Å². The number of carbonyl (C=O) groups excluding carboxylic acids is 1. The Bertz CT molecular complexity index is 1090. The molecule has 0 aliphatic rings. The third kappa shape index (κ3) is 3.40. The van der Waals surface area contributed by atoms with Gasteiger partial charge in [-0.15, -0.1) is 11.8 Å². The molecular formula is C19H16N4OS2. The molecule has 26 heavy (non-hydrogen) atoms. The monoisotopic (exact) mass is 380 g/mol. The van der Waals surface area contributed by atoms with Crippen molar-refractivity contribution >= 4 is 57.1 Å². The van der Waals surface area contributed by atoms with Crippen LogP contribution in [0.5, 0.6) is 0 Å². The molecule has 4 aromatic rings. The number of para-hydroxylation sites is 1. The number of benzene rings is 2. The summed E-state index contributed by atoms with van der Waals surface area (Å²) in [5, 5.41) is 4.77. The number of aromatic amines is 1. The Morgan fingerprint density at radius 1 is 1.15 bits per heavy atom. The number of hydrogen-bond acceptors (Lipinski definition) is 5. The summed E-state index contributed by atoms with van der Waals surface area (Å²) >= 11 is 3.05. The maximum Gasteiger partial charge on any atom is 0.234 e. The minimum atomic E-state index is -0.0591. The SMILES string of the molecule is CSc1cccc(NC(=O)CSc2ncnc3c2[nH]c2ccccc23)c1. The van der Waals surface area contributed by atoms with Crippen molar-refractivity contribution in [2.45, 2.75) is 9.92 Å². The summed E-state index contributed by atoms with van der Waals surface area (Å²) < 4.78 is 0. The number of rotatable bonds is 5. The summed E-state index contributed by atoms with van der Waals surface area (Å²) in [6, 6.07) is 15.8. The number of aromatic nitrogens is 3. The minimum absolute atomic E-state index is 0.0591. The smallest absolute Gasteiger partial charge is 0.234 e. The number of H-pyrrole nitrogens is 1. The van der Waals surface area contributed by atoms with Crippen LogP contribution in [0.25, 0.3) is 21.9 Å². The number of hydrogen-bond donors (Lipinski definition) is 2. The molecule has 0 saturated heterocycles. The van der Waals surface area contributed by atoms with Crippen molar-refractivity contribution in [1.82, 2.24) is 15.0 Å². The molecule has 0 spiro atoms. The Balaban J connectivity index is 1.51. The van der Waals surface area contributed by atoms with Crippen LogP contribution in [0.4, 0.5) is 5.69 Å². The van der Waals surface area contributed by atoms with Crippen molar-refractivity contribution in [2.24, 2.45) is 0 Å². The third-order valence-corrected chi connectivity index (χ3v) is 5.66. The summed E-state index contributed by atoms with van der Waals surface area (Å²) in [6.45, 7) is 0. The fourth-order valence-electron chi connectivity index (χ4n) is 2.76. The van der Waals surface area contributed by atoms with Gasteiger partial charge in [-0.05, 0) is 30.5 Å². The van der Waals surface area contributed by atoms with Gasteiger partial charge in [0.15, 0.2) is 0 Å². The number of fused-ring (bicyclic) bond motifs is 3. The van der Waals surface area contributed by atoms with Gasteiger partial charge in [0.25, 0.3) is 0 Å². The van der Waals surface area contributed by atoms with E-state index in [4.69, 9.17) is 0 Å². The second-order valence-electron chi connectivity index (χ2n) is 5.64. The van der Waals surface area contributed by atoms with Crippen LogP contribution in [0.3, 0.4) is 0 Å². The fraction of sp³-hybridized carbons (Fsp3) is 0.105. The molecule has 0 atom stereocenters. The maximum atomic E-state index is 12.3. The van der Waals surface area contributed by atoms with Gasteiger partial charge in [-0.3, -0.25) is 4.79 Å². The predicted octanol–water partition coefficient (Wildman–Crippen LogP) is 4.56. The van der Waals surface area contributed by atoms with Gasteiger partial charge in [0.1, 0.15) is 16.9 Å². The first kappa shape index (κ1) is 16.9. The van der Waals surface area contributed by atoms with Crippen molar-refractivity contribution < 1.29 is 4.79 Å². The molecule has 2 aromatic carbocycles. The van der Waals surface area contributed by atoms with Gasteiger partial charge in [-0.2, -0.15) is 0 Å². The average molecular weight is 380 g/mol. The summed E-state index contributed by atoms with van der Waals surface area (Å²) in [6.07, 6.45) is 3.56. The van der Waals surface area contributed by atoms with Crippen molar-refractivity contribution in [3.8, 4) is 0 Å². The first-order valence-corrected chi connectivity index (χ1v) is 10.2. The lowest BCUT2D eigenvalue weighted by atomic mass is 10.2. The predicted molar refractivity (Wildman–Crippen MR) is 109 cm³/mol. The van der Waals surface area contributed by atoms with Crippen LogP contribution in [0, 0.1) is 0 Å². The lowest BCUT2D eigenvalue weighted by Gasteiger charge is -2.06. The molecule has 0 aliphatic carbocycles. The minimum Gasteiger partial charge on any atom is -0.351 e. The molecule has 1 amide bonds. The number of carbonyl (C=O) groups is 1. The molecule has 4 rings (SSSR count). The quantitative estimate of drug-likeness (QED) is 0.392. The van der Waals surface area contributed by atoms with Gasteiger partial charge in [0, 0.05) is 21.5 Å². The highest BCUT2D eigenvalue weighted by Gasteiger charge is 2.12. The standard InChI is InChI=1S/C19H16N4OS2/c1-25-13-6-4-5-12(9-13)22-16(24)10-26-19-18-17(20-11-21-19)14-7-2-3-8-15(14)23-18/h2-9,11,23H,10H2,1H3,(H,22,24). The van der Waals surface area contributed by atoms with Crippen molar-refractivity contribution in [3.63, 3.8) is 0 Å².